The zero-order valence-electron chi connectivity index (χ0n) is 11.4. The van der Waals surface area contributed by atoms with E-state index in [1.54, 1.807) is 18.2 Å². The molecule has 0 saturated heterocycles. The first-order valence-corrected chi connectivity index (χ1v) is 7.01. The van der Waals surface area contributed by atoms with Crippen LogP contribution in [0.2, 0.25) is 0 Å². The molecule has 0 atom stereocenters. The second-order valence-corrected chi connectivity index (χ2v) is 4.94. The van der Waals surface area contributed by atoms with Gasteiger partial charge < -0.3 is 10.3 Å². The van der Waals surface area contributed by atoms with E-state index in [-0.39, 0.29) is 5.91 Å². The Morgan fingerprint density at radius 1 is 1.42 bits per heavy atom. The summed E-state index contributed by atoms with van der Waals surface area (Å²) in [6.07, 6.45) is 5.93. The molecule has 104 valence electrons. The van der Waals surface area contributed by atoms with Crippen molar-refractivity contribution < 1.29 is 4.79 Å². The van der Waals surface area contributed by atoms with Crippen LogP contribution in [0.25, 0.3) is 0 Å². The maximum atomic E-state index is 12.5. The second-order valence-electron chi connectivity index (χ2n) is 4.94. The van der Waals surface area contributed by atoms with Gasteiger partial charge in [-0.2, -0.15) is 0 Å². The number of carbonyl (C=O) groups is 1. The van der Waals surface area contributed by atoms with Gasteiger partial charge in [0.2, 0.25) is 0 Å². The smallest absolute Gasteiger partial charge is 0.272 e. The fraction of sp³-hybridized carbons (Fsp3) is 0.571. The van der Waals surface area contributed by atoms with Crippen LogP contribution >= 0.6 is 0 Å². The van der Waals surface area contributed by atoms with Crippen LogP contribution in [0.3, 0.4) is 0 Å². The Bertz CT molecular complexity index is 429. The predicted octanol–water partition coefficient (Wildman–Crippen LogP) is 2.16. The molecule has 0 aromatic carbocycles. The van der Waals surface area contributed by atoms with Crippen LogP contribution in [0.1, 0.15) is 49.5 Å². The van der Waals surface area contributed by atoms with E-state index in [2.05, 4.69) is 10.4 Å². The molecule has 1 heterocycles. The Morgan fingerprint density at radius 3 is 2.79 bits per heavy atom. The van der Waals surface area contributed by atoms with Crippen molar-refractivity contribution >= 4 is 11.7 Å². The number of nitrogens with two attached hydrogens (primary N) is 1. The summed E-state index contributed by atoms with van der Waals surface area (Å²) in [5.74, 6) is 5.86. The molecule has 1 saturated carbocycles. The molecule has 1 aromatic rings. The number of nitrogen functional groups attached to an aromatic ring is 1. The first-order valence-electron chi connectivity index (χ1n) is 7.01. The summed E-state index contributed by atoms with van der Waals surface area (Å²) in [6, 6.07) is 5.65. The Balaban J connectivity index is 2.14. The zero-order valence-corrected chi connectivity index (χ0v) is 11.4. The van der Waals surface area contributed by atoms with Gasteiger partial charge in [0.1, 0.15) is 11.5 Å². The summed E-state index contributed by atoms with van der Waals surface area (Å²) in [6.45, 7) is 2.75. The van der Waals surface area contributed by atoms with Crippen molar-refractivity contribution in [2.45, 2.75) is 45.1 Å². The number of aromatic nitrogens is 1. The number of amides is 1. The highest BCUT2D eigenvalue weighted by molar-refractivity contribution is 5.92. The number of hydrogen-bond acceptors (Lipinski definition) is 4. The molecule has 1 fully saturated rings. The molecule has 0 radical (unpaired) electrons. The molecular weight excluding hydrogens is 240 g/mol. The second kappa shape index (κ2) is 6.52. The SMILES string of the molecule is CCN(C(=O)c1cccc(NN)n1)C1CCCCC1. The minimum atomic E-state index is 0.00602. The van der Waals surface area contributed by atoms with Crippen molar-refractivity contribution in [3.8, 4) is 0 Å². The van der Waals surface area contributed by atoms with E-state index in [9.17, 15) is 4.79 Å². The molecule has 5 nitrogen and oxygen atoms in total. The molecule has 1 aliphatic carbocycles. The fourth-order valence-electron chi connectivity index (χ4n) is 2.74. The normalized spacial score (nSPS) is 16.1. The lowest BCUT2D eigenvalue weighted by atomic mass is 9.94. The molecule has 1 aliphatic rings. The van der Waals surface area contributed by atoms with Gasteiger partial charge in [0, 0.05) is 12.6 Å². The first kappa shape index (κ1) is 13.8. The molecular formula is C14H22N4O. The van der Waals surface area contributed by atoms with Crippen LogP contribution in [0.4, 0.5) is 5.82 Å². The van der Waals surface area contributed by atoms with Gasteiger partial charge in [0.25, 0.3) is 5.91 Å². The van der Waals surface area contributed by atoms with E-state index in [0.717, 1.165) is 19.4 Å². The van der Waals surface area contributed by atoms with Crippen molar-refractivity contribution in [1.82, 2.24) is 9.88 Å². The molecule has 1 aromatic heterocycles. The van der Waals surface area contributed by atoms with E-state index in [1.165, 1.54) is 19.3 Å². The highest BCUT2D eigenvalue weighted by atomic mass is 16.2. The van der Waals surface area contributed by atoms with Gasteiger partial charge >= 0.3 is 0 Å². The number of carbonyl (C=O) groups excluding carboxylic acids is 1. The van der Waals surface area contributed by atoms with Crippen LogP contribution in [-0.2, 0) is 0 Å². The summed E-state index contributed by atoms with van der Waals surface area (Å²) >= 11 is 0. The molecule has 3 N–H and O–H groups in total. The van der Waals surface area contributed by atoms with Crippen LogP contribution in [0.5, 0.6) is 0 Å². The third kappa shape index (κ3) is 3.23. The van der Waals surface area contributed by atoms with E-state index < -0.39 is 0 Å². The van der Waals surface area contributed by atoms with Gasteiger partial charge in [-0.3, -0.25) is 4.79 Å². The van der Waals surface area contributed by atoms with Gasteiger partial charge in [-0.1, -0.05) is 25.3 Å². The maximum Gasteiger partial charge on any atom is 0.272 e. The van der Waals surface area contributed by atoms with Gasteiger partial charge in [0.05, 0.1) is 0 Å². The molecule has 0 spiro atoms. The van der Waals surface area contributed by atoms with E-state index in [4.69, 9.17) is 5.84 Å². The van der Waals surface area contributed by atoms with Crippen LogP contribution < -0.4 is 11.3 Å². The molecule has 0 unspecified atom stereocenters. The molecule has 0 bridgehead atoms. The van der Waals surface area contributed by atoms with Crippen LogP contribution in [0.15, 0.2) is 18.2 Å². The number of anilines is 1. The molecule has 0 aliphatic heterocycles. The molecule has 19 heavy (non-hydrogen) atoms. The van der Waals surface area contributed by atoms with Crippen molar-refractivity contribution in [1.29, 1.82) is 0 Å². The minimum Gasteiger partial charge on any atom is -0.335 e. The minimum absolute atomic E-state index is 0.00602. The third-order valence-electron chi connectivity index (χ3n) is 3.73. The van der Waals surface area contributed by atoms with Crippen LogP contribution in [-0.4, -0.2) is 28.4 Å². The fourth-order valence-corrected chi connectivity index (χ4v) is 2.74. The van der Waals surface area contributed by atoms with E-state index in [1.807, 2.05) is 11.8 Å². The monoisotopic (exact) mass is 262 g/mol. The predicted molar refractivity (Wildman–Crippen MR) is 75.6 cm³/mol. The number of hydrazine groups is 1. The zero-order chi connectivity index (χ0) is 13.7. The van der Waals surface area contributed by atoms with Gasteiger partial charge in [-0.25, -0.2) is 10.8 Å². The Hall–Kier alpha value is -1.62. The average molecular weight is 262 g/mol. The number of pyridine rings is 1. The maximum absolute atomic E-state index is 12.5. The lowest BCUT2D eigenvalue weighted by Crippen LogP contribution is -2.41. The van der Waals surface area contributed by atoms with E-state index >= 15 is 0 Å². The molecule has 1 amide bonds. The Labute approximate surface area is 114 Å². The standard InChI is InChI=1S/C14H22N4O/c1-2-18(11-7-4-3-5-8-11)14(19)12-9-6-10-13(16-12)17-15/h6,9-11H,2-5,7-8,15H2,1H3,(H,16,17). The summed E-state index contributed by atoms with van der Waals surface area (Å²) in [4.78, 5) is 18.7. The molecule has 5 heteroatoms. The summed E-state index contributed by atoms with van der Waals surface area (Å²) in [7, 11) is 0. The highest BCUT2D eigenvalue weighted by Gasteiger charge is 2.25. The van der Waals surface area contributed by atoms with Gasteiger partial charge in [0.15, 0.2) is 0 Å². The van der Waals surface area contributed by atoms with Crippen molar-refractivity contribution in [2.24, 2.45) is 5.84 Å². The number of nitrogens with one attached hydrogen (secondary N) is 1. The van der Waals surface area contributed by atoms with E-state index in [0.29, 0.717) is 17.6 Å². The lowest BCUT2D eigenvalue weighted by molar-refractivity contribution is 0.0642. The molecule has 2 rings (SSSR count). The summed E-state index contributed by atoms with van der Waals surface area (Å²) in [5.41, 5.74) is 2.94. The third-order valence-corrected chi connectivity index (χ3v) is 3.73. The number of hydrogen-bond donors (Lipinski definition) is 2. The summed E-state index contributed by atoms with van der Waals surface area (Å²) < 4.78 is 0. The first-order chi connectivity index (χ1) is 9.26. The van der Waals surface area contributed by atoms with Crippen molar-refractivity contribution in [3.05, 3.63) is 23.9 Å². The topological polar surface area (TPSA) is 71.2 Å². The Kier molecular flexibility index (Phi) is 4.74. The quantitative estimate of drug-likeness (QED) is 0.644. The lowest BCUT2D eigenvalue weighted by Gasteiger charge is -2.33. The van der Waals surface area contributed by atoms with Crippen LogP contribution in [0, 0.1) is 0 Å². The Morgan fingerprint density at radius 2 is 2.16 bits per heavy atom. The average Bonchev–Trinajstić information content (AvgIpc) is 2.49. The van der Waals surface area contributed by atoms with Crippen molar-refractivity contribution in [3.63, 3.8) is 0 Å². The summed E-state index contributed by atoms with van der Waals surface area (Å²) in [5, 5.41) is 0. The van der Waals surface area contributed by atoms with Crippen molar-refractivity contribution in [2.75, 3.05) is 12.0 Å². The number of nitrogens with zero attached hydrogens (tertiary/aromatic N) is 2. The highest BCUT2D eigenvalue weighted by Crippen LogP contribution is 2.23. The van der Waals surface area contributed by atoms with Gasteiger partial charge in [-0.15, -0.1) is 0 Å². The largest absolute Gasteiger partial charge is 0.335 e. The number of rotatable bonds is 4. The van der Waals surface area contributed by atoms with Gasteiger partial charge in [-0.05, 0) is 31.9 Å².